The maximum atomic E-state index is 11.8. The summed E-state index contributed by atoms with van der Waals surface area (Å²) in [4.78, 5) is 23.6. The smallest absolute Gasteiger partial charge is 0.273 e. The lowest BCUT2D eigenvalue weighted by molar-refractivity contribution is 0.106. The molecule has 0 aliphatic heterocycles. The maximum absolute atomic E-state index is 11.8. The van der Waals surface area contributed by atoms with Gasteiger partial charge >= 0.3 is 30.5 Å². The first-order valence-electron chi connectivity index (χ1n) is 6.14. The molecular formula is C14H10O7S2. The first-order valence-corrected chi connectivity index (χ1v) is 8.95. The summed E-state index contributed by atoms with van der Waals surface area (Å²) in [6.07, 6.45) is 0. The van der Waals surface area contributed by atoms with E-state index in [1.165, 1.54) is 48.5 Å². The SMILES string of the molecule is O=C(c1ccccc1)S(=O)(=O)OS(=O)(=O)C(=O)c1ccccc1. The van der Waals surface area contributed by atoms with Gasteiger partial charge in [0.1, 0.15) is 0 Å². The molecule has 0 heterocycles. The Bertz CT molecular complexity index is 852. The van der Waals surface area contributed by atoms with Crippen molar-refractivity contribution in [2.45, 2.75) is 0 Å². The van der Waals surface area contributed by atoms with Crippen LogP contribution in [0, 0.1) is 0 Å². The summed E-state index contributed by atoms with van der Waals surface area (Å²) in [5, 5.41) is -3.11. The normalized spacial score (nSPS) is 11.8. The van der Waals surface area contributed by atoms with Crippen molar-refractivity contribution in [2.24, 2.45) is 0 Å². The summed E-state index contributed by atoms with van der Waals surface area (Å²) in [7, 11) is -10.3. The van der Waals surface area contributed by atoms with Gasteiger partial charge in [0.25, 0.3) is 0 Å². The highest BCUT2D eigenvalue weighted by Gasteiger charge is 2.36. The van der Waals surface area contributed by atoms with Crippen molar-refractivity contribution < 1.29 is 30.1 Å². The van der Waals surface area contributed by atoms with Crippen LogP contribution in [0.4, 0.5) is 0 Å². The van der Waals surface area contributed by atoms with Gasteiger partial charge in [0.2, 0.25) is 0 Å². The molecule has 0 atom stereocenters. The fourth-order valence-electron chi connectivity index (χ4n) is 1.62. The average molecular weight is 354 g/mol. The molecule has 0 unspecified atom stereocenters. The molecule has 0 aliphatic carbocycles. The Morgan fingerprint density at radius 3 is 1.22 bits per heavy atom. The first kappa shape index (κ1) is 17.0. The Balaban J connectivity index is 2.29. The third-order valence-corrected chi connectivity index (χ3v) is 5.47. The standard InChI is InChI=1S/C14H10O7S2/c15-13(11-7-3-1-4-8-11)22(17,18)21-23(19,20)14(16)12-9-5-2-6-10-12/h1-10H. The van der Waals surface area contributed by atoms with Crippen molar-refractivity contribution in [1.29, 1.82) is 0 Å². The zero-order valence-corrected chi connectivity index (χ0v) is 13.1. The van der Waals surface area contributed by atoms with Crippen molar-refractivity contribution in [1.82, 2.24) is 0 Å². The molecule has 2 rings (SSSR count). The molecule has 0 radical (unpaired) electrons. The number of rotatable bonds is 4. The molecule has 0 aromatic heterocycles. The van der Waals surface area contributed by atoms with E-state index in [9.17, 15) is 26.4 Å². The lowest BCUT2D eigenvalue weighted by Crippen LogP contribution is -2.26. The Kier molecular flexibility index (Phi) is 4.73. The predicted molar refractivity (Wildman–Crippen MR) is 80.5 cm³/mol. The molecule has 0 saturated carbocycles. The monoisotopic (exact) mass is 354 g/mol. The number of carbonyl (C=O) groups is 2. The summed E-state index contributed by atoms with van der Waals surface area (Å²) in [5.74, 6) is 0. The molecule has 0 aliphatic rings. The molecule has 7 nitrogen and oxygen atoms in total. The summed E-state index contributed by atoms with van der Waals surface area (Å²) >= 11 is 0. The molecule has 9 heteroatoms. The van der Waals surface area contributed by atoms with Gasteiger partial charge in [0, 0.05) is 11.1 Å². The molecule has 0 amide bonds. The van der Waals surface area contributed by atoms with Gasteiger partial charge < -0.3 is 0 Å². The molecule has 0 bridgehead atoms. The van der Waals surface area contributed by atoms with E-state index in [-0.39, 0.29) is 11.1 Å². The van der Waals surface area contributed by atoms with Gasteiger partial charge in [-0.15, -0.1) is 3.63 Å². The van der Waals surface area contributed by atoms with Crippen molar-refractivity contribution in [3.05, 3.63) is 71.8 Å². The molecule has 0 fully saturated rings. The highest BCUT2D eigenvalue weighted by atomic mass is 32.3. The zero-order valence-electron chi connectivity index (χ0n) is 11.4. The number of hydrogen-bond acceptors (Lipinski definition) is 7. The van der Waals surface area contributed by atoms with Crippen LogP contribution in [0.3, 0.4) is 0 Å². The molecule has 0 spiro atoms. The Morgan fingerprint density at radius 2 is 0.913 bits per heavy atom. The van der Waals surface area contributed by atoms with Gasteiger partial charge in [-0.05, 0) is 0 Å². The molecule has 23 heavy (non-hydrogen) atoms. The van der Waals surface area contributed by atoms with Crippen LogP contribution in [0.2, 0.25) is 0 Å². The van der Waals surface area contributed by atoms with E-state index >= 15 is 0 Å². The Morgan fingerprint density at radius 1 is 0.609 bits per heavy atom. The van der Waals surface area contributed by atoms with E-state index < -0.39 is 30.5 Å². The highest BCUT2D eigenvalue weighted by Crippen LogP contribution is 2.14. The third kappa shape index (κ3) is 3.89. The van der Waals surface area contributed by atoms with Crippen LogP contribution < -0.4 is 0 Å². The first-order chi connectivity index (χ1) is 10.7. The maximum Gasteiger partial charge on any atom is 0.350 e. The molecule has 0 N–H and O–H groups in total. The minimum absolute atomic E-state index is 0.283. The van der Waals surface area contributed by atoms with Crippen molar-refractivity contribution in [3.8, 4) is 0 Å². The average Bonchev–Trinajstić information content (AvgIpc) is 2.54. The predicted octanol–water partition coefficient (Wildman–Crippen LogP) is 1.34. The zero-order chi connectivity index (χ0) is 17.1. The van der Waals surface area contributed by atoms with Crippen LogP contribution in [0.5, 0.6) is 0 Å². The second kappa shape index (κ2) is 6.41. The quantitative estimate of drug-likeness (QED) is 0.814. The van der Waals surface area contributed by atoms with Crippen LogP contribution in [-0.4, -0.2) is 27.1 Å². The van der Waals surface area contributed by atoms with E-state index in [0.717, 1.165) is 0 Å². The van der Waals surface area contributed by atoms with E-state index in [4.69, 9.17) is 0 Å². The number of benzene rings is 2. The number of hydrogen-bond donors (Lipinski definition) is 0. The van der Waals surface area contributed by atoms with E-state index in [1.54, 1.807) is 12.1 Å². The van der Waals surface area contributed by atoms with Gasteiger partial charge in [0.05, 0.1) is 0 Å². The molecule has 2 aromatic carbocycles. The lowest BCUT2D eigenvalue weighted by atomic mass is 10.2. The minimum atomic E-state index is -5.17. The van der Waals surface area contributed by atoms with Gasteiger partial charge in [0.15, 0.2) is 0 Å². The van der Waals surface area contributed by atoms with Crippen molar-refractivity contribution >= 4 is 30.5 Å². The topological polar surface area (TPSA) is 112 Å². The summed E-state index contributed by atoms with van der Waals surface area (Å²) in [5.41, 5.74) is -0.565. The van der Waals surface area contributed by atoms with E-state index in [2.05, 4.69) is 3.63 Å². The van der Waals surface area contributed by atoms with Gasteiger partial charge in [-0.25, -0.2) is 0 Å². The second-order valence-corrected chi connectivity index (χ2v) is 7.39. The van der Waals surface area contributed by atoms with Crippen LogP contribution >= 0.6 is 0 Å². The van der Waals surface area contributed by atoms with E-state index in [1.807, 2.05) is 0 Å². The van der Waals surface area contributed by atoms with Crippen LogP contribution in [0.25, 0.3) is 0 Å². The molecule has 0 saturated heterocycles. The fraction of sp³-hybridized carbons (Fsp3) is 0. The minimum Gasteiger partial charge on any atom is -0.273 e. The summed E-state index contributed by atoms with van der Waals surface area (Å²) < 4.78 is 51.0. The highest BCUT2D eigenvalue weighted by molar-refractivity contribution is 8.14. The molecule has 120 valence electrons. The van der Waals surface area contributed by atoms with Crippen molar-refractivity contribution in [2.75, 3.05) is 0 Å². The van der Waals surface area contributed by atoms with Gasteiger partial charge in [-0.2, -0.15) is 16.8 Å². The summed E-state index contributed by atoms with van der Waals surface area (Å²) in [6.45, 7) is 0. The largest absolute Gasteiger partial charge is 0.350 e. The van der Waals surface area contributed by atoms with E-state index in [0.29, 0.717) is 0 Å². The molecular weight excluding hydrogens is 344 g/mol. The van der Waals surface area contributed by atoms with Gasteiger partial charge in [-0.1, -0.05) is 60.7 Å². The molecule has 2 aromatic rings. The van der Waals surface area contributed by atoms with Crippen LogP contribution in [0.1, 0.15) is 20.7 Å². The lowest BCUT2D eigenvalue weighted by Gasteiger charge is -2.05. The van der Waals surface area contributed by atoms with Gasteiger partial charge in [-0.3, -0.25) is 9.59 Å². The Hall–Kier alpha value is -2.36. The van der Waals surface area contributed by atoms with Crippen molar-refractivity contribution in [3.63, 3.8) is 0 Å². The van der Waals surface area contributed by atoms with Crippen LogP contribution in [0.15, 0.2) is 60.7 Å². The van der Waals surface area contributed by atoms with Crippen LogP contribution in [-0.2, 0) is 23.9 Å². The summed E-state index contributed by atoms with van der Waals surface area (Å²) in [6, 6.07) is 13.4. The number of carbonyl (C=O) groups excluding carboxylic acids is 2. The Labute approximate surface area is 132 Å². The second-order valence-electron chi connectivity index (χ2n) is 4.28. The fourth-order valence-corrected chi connectivity index (χ4v) is 3.90. The third-order valence-electron chi connectivity index (χ3n) is 2.65.